The van der Waals surface area contributed by atoms with Crippen LogP contribution in [0.5, 0.6) is 0 Å². The van der Waals surface area contributed by atoms with Crippen molar-refractivity contribution in [3.05, 3.63) is 12.4 Å². The third-order valence-corrected chi connectivity index (χ3v) is 3.43. The average molecular weight is 311 g/mol. The van der Waals surface area contributed by atoms with Crippen LogP contribution in [-0.4, -0.2) is 73.3 Å². The highest BCUT2D eigenvalue weighted by Crippen LogP contribution is 2.05. The molecule has 1 aromatic rings. The van der Waals surface area contributed by atoms with Crippen LogP contribution in [0, 0.1) is 0 Å². The Morgan fingerprint density at radius 2 is 2.27 bits per heavy atom. The van der Waals surface area contributed by atoms with Gasteiger partial charge < -0.3 is 20.1 Å². The lowest BCUT2D eigenvalue weighted by Crippen LogP contribution is -2.47. The lowest BCUT2D eigenvalue weighted by atomic mass is 10.3. The molecule has 2 amide bonds. The van der Waals surface area contributed by atoms with Gasteiger partial charge in [0.25, 0.3) is 0 Å². The summed E-state index contributed by atoms with van der Waals surface area (Å²) in [5, 5.41) is 9.87. The predicted molar refractivity (Wildman–Crippen MR) is 83.0 cm³/mol. The van der Waals surface area contributed by atoms with Crippen molar-refractivity contribution in [2.24, 2.45) is 0 Å². The first-order chi connectivity index (χ1) is 10.7. The van der Waals surface area contributed by atoms with Crippen molar-refractivity contribution >= 4 is 11.7 Å². The molecule has 1 aliphatic rings. The zero-order valence-corrected chi connectivity index (χ0v) is 13.2. The topological polar surface area (TPSA) is 80.7 Å². The second-order valence-corrected chi connectivity index (χ2v) is 5.40. The van der Waals surface area contributed by atoms with E-state index in [-0.39, 0.29) is 12.1 Å². The van der Waals surface area contributed by atoms with Gasteiger partial charge in [-0.25, -0.2) is 4.79 Å². The van der Waals surface area contributed by atoms with Gasteiger partial charge >= 0.3 is 6.03 Å². The number of ether oxygens (including phenoxy) is 2. The third kappa shape index (κ3) is 5.63. The second-order valence-electron chi connectivity index (χ2n) is 5.40. The highest BCUT2D eigenvalue weighted by Gasteiger charge is 2.15. The van der Waals surface area contributed by atoms with Gasteiger partial charge in [0.2, 0.25) is 0 Å². The number of carbonyl (C=O) groups excluding carboxylic acids is 1. The van der Waals surface area contributed by atoms with Crippen LogP contribution in [0.25, 0.3) is 0 Å². The number of anilines is 1. The van der Waals surface area contributed by atoms with E-state index in [2.05, 4.69) is 20.6 Å². The van der Waals surface area contributed by atoms with E-state index in [9.17, 15) is 4.79 Å². The van der Waals surface area contributed by atoms with Crippen LogP contribution < -0.4 is 10.6 Å². The van der Waals surface area contributed by atoms with Crippen LogP contribution in [0.1, 0.15) is 6.92 Å². The van der Waals surface area contributed by atoms with E-state index in [4.69, 9.17) is 9.47 Å². The van der Waals surface area contributed by atoms with Crippen molar-refractivity contribution in [3.8, 4) is 0 Å². The van der Waals surface area contributed by atoms with Crippen molar-refractivity contribution in [2.45, 2.75) is 19.5 Å². The molecule has 2 rings (SSSR count). The summed E-state index contributed by atoms with van der Waals surface area (Å²) in [4.78, 5) is 14.2. The lowest BCUT2D eigenvalue weighted by Gasteiger charge is -2.29. The van der Waals surface area contributed by atoms with Gasteiger partial charge in [-0.2, -0.15) is 5.10 Å². The van der Waals surface area contributed by atoms with Crippen LogP contribution in [0.2, 0.25) is 0 Å². The van der Waals surface area contributed by atoms with Gasteiger partial charge in [0.05, 0.1) is 38.2 Å². The van der Waals surface area contributed by atoms with Crippen LogP contribution in [0.4, 0.5) is 10.5 Å². The summed E-state index contributed by atoms with van der Waals surface area (Å²) in [6.45, 7) is 7.43. The SMILES string of the molecule is COCCn1cc(NC(=O)NC(C)CN2CCOCC2)cn1. The number of carbonyl (C=O) groups is 1. The minimum Gasteiger partial charge on any atom is -0.383 e. The summed E-state index contributed by atoms with van der Waals surface area (Å²) in [6, 6.07) is -0.145. The quantitative estimate of drug-likeness (QED) is 0.760. The molecule has 8 heteroatoms. The van der Waals surface area contributed by atoms with Crippen molar-refractivity contribution < 1.29 is 14.3 Å². The molecule has 124 valence electrons. The number of aromatic nitrogens is 2. The van der Waals surface area contributed by atoms with E-state index < -0.39 is 0 Å². The Balaban J connectivity index is 1.71. The molecule has 1 fully saturated rings. The maximum Gasteiger partial charge on any atom is 0.319 e. The van der Waals surface area contributed by atoms with E-state index >= 15 is 0 Å². The first-order valence-electron chi connectivity index (χ1n) is 7.56. The number of nitrogens with zero attached hydrogens (tertiary/aromatic N) is 3. The molecular weight excluding hydrogens is 286 g/mol. The van der Waals surface area contributed by atoms with Gasteiger partial charge in [-0.15, -0.1) is 0 Å². The molecule has 2 N–H and O–H groups in total. The Morgan fingerprint density at radius 3 is 3.00 bits per heavy atom. The van der Waals surface area contributed by atoms with Crippen LogP contribution in [0.15, 0.2) is 12.4 Å². The van der Waals surface area contributed by atoms with E-state index in [0.29, 0.717) is 18.8 Å². The molecule has 0 radical (unpaired) electrons. The number of morpholine rings is 1. The smallest absolute Gasteiger partial charge is 0.319 e. The number of hydrogen-bond donors (Lipinski definition) is 2. The van der Waals surface area contributed by atoms with Gasteiger partial charge in [0.15, 0.2) is 0 Å². The Bertz CT molecular complexity index is 459. The molecular formula is C14H25N5O3. The number of hydrogen-bond acceptors (Lipinski definition) is 5. The van der Waals surface area contributed by atoms with Crippen LogP contribution >= 0.6 is 0 Å². The van der Waals surface area contributed by atoms with E-state index in [1.165, 1.54) is 0 Å². The maximum absolute atomic E-state index is 12.0. The summed E-state index contributed by atoms with van der Waals surface area (Å²) in [7, 11) is 1.64. The molecule has 8 nitrogen and oxygen atoms in total. The average Bonchev–Trinajstić information content (AvgIpc) is 2.93. The number of urea groups is 1. The molecule has 0 aromatic carbocycles. The molecule has 1 aliphatic heterocycles. The Hall–Kier alpha value is -1.64. The van der Waals surface area contributed by atoms with Gasteiger partial charge in [0, 0.05) is 39.0 Å². The molecule has 0 bridgehead atoms. The molecule has 2 heterocycles. The summed E-state index contributed by atoms with van der Waals surface area (Å²) in [5.74, 6) is 0. The Kier molecular flexibility index (Phi) is 6.63. The summed E-state index contributed by atoms with van der Waals surface area (Å²) < 4.78 is 12.0. The molecule has 1 unspecified atom stereocenters. The summed E-state index contributed by atoms with van der Waals surface area (Å²) in [6.07, 6.45) is 3.41. The largest absolute Gasteiger partial charge is 0.383 e. The summed E-state index contributed by atoms with van der Waals surface area (Å²) in [5.41, 5.74) is 0.673. The standard InChI is InChI=1S/C14H25N5O3/c1-12(10-18-3-7-22-8-4-18)16-14(20)17-13-9-15-19(11-13)5-6-21-2/h9,11-12H,3-8,10H2,1-2H3,(H2,16,17,20). The lowest BCUT2D eigenvalue weighted by molar-refractivity contribution is 0.0350. The van der Waals surface area contributed by atoms with E-state index in [1.54, 1.807) is 24.2 Å². The molecule has 0 spiro atoms. The van der Waals surface area contributed by atoms with Crippen molar-refractivity contribution in [2.75, 3.05) is 51.9 Å². The van der Waals surface area contributed by atoms with Gasteiger partial charge in [0.1, 0.15) is 0 Å². The van der Waals surface area contributed by atoms with E-state index in [1.807, 2.05) is 6.92 Å². The van der Waals surface area contributed by atoms with Gasteiger partial charge in [-0.05, 0) is 6.92 Å². The molecule has 1 aromatic heterocycles. The zero-order valence-electron chi connectivity index (χ0n) is 13.2. The van der Waals surface area contributed by atoms with Crippen molar-refractivity contribution in [1.29, 1.82) is 0 Å². The van der Waals surface area contributed by atoms with E-state index in [0.717, 1.165) is 32.8 Å². The second kappa shape index (κ2) is 8.72. The fraction of sp³-hybridized carbons (Fsp3) is 0.714. The molecule has 1 saturated heterocycles. The molecule has 0 aliphatic carbocycles. The predicted octanol–water partition coefficient (Wildman–Crippen LogP) is 0.372. The first-order valence-corrected chi connectivity index (χ1v) is 7.56. The number of amides is 2. The third-order valence-electron chi connectivity index (χ3n) is 3.43. The number of rotatable bonds is 7. The zero-order chi connectivity index (χ0) is 15.8. The highest BCUT2D eigenvalue weighted by molar-refractivity contribution is 5.89. The van der Waals surface area contributed by atoms with Crippen molar-refractivity contribution in [3.63, 3.8) is 0 Å². The van der Waals surface area contributed by atoms with Crippen molar-refractivity contribution in [1.82, 2.24) is 20.0 Å². The van der Waals surface area contributed by atoms with Gasteiger partial charge in [-0.1, -0.05) is 0 Å². The number of methoxy groups -OCH3 is 1. The fourth-order valence-electron chi connectivity index (χ4n) is 2.34. The Labute approximate surface area is 130 Å². The minimum atomic E-state index is -0.216. The highest BCUT2D eigenvalue weighted by atomic mass is 16.5. The Morgan fingerprint density at radius 1 is 1.50 bits per heavy atom. The monoisotopic (exact) mass is 311 g/mol. The molecule has 0 saturated carbocycles. The fourth-order valence-corrected chi connectivity index (χ4v) is 2.34. The molecule has 1 atom stereocenters. The molecule has 22 heavy (non-hydrogen) atoms. The van der Waals surface area contributed by atoms with Crippen LogP contribution in [-0.2, 0) is 16.0 Å². The normalized spacial score (nSPS) is 17.2. The summed E-state index contributed by atoms with van der Waals surface area (Å²) >= 11 is 0. The van der Waals surface area contributed by atoms with Crippen LogP contribution in [0.3, 0.4) is 0 Å². The minimum absolute atomic E-state index is 0.0710. The first kappa shape index (κ1) is 16.7. The number of nitrogens with one attached hydrogen (secondary N) is 2. The maximum atomic E-state index is 12.0. The van der Waals surface area contributed by atoms with Gasteiger partial charge in [-0.3, -0.25) is 9.58 Å².